The van der Waals surface area contributed by atoms with Crippen LogP contribution < -0.4 is 0 Å². The normalized spacial score (nSPS) is 21.8. The van der Waals surface area contributed by atoms with E-state index in [-0.39, 0.29) is 5.57 Å². The lowest BCUT2D eigenvalue weighted by molar-refractivity contribution is -0.0863. The van der Waals surface area contributed by atoms with Crippen LogP contribution in [0.4, 0.5) is 13.2 Å². The molecule has 5 heteroatoms. The molecule has 4 rings (SSSR count). The van der Waals surface area contributed by atoms with E-state index in [2.05, 4.69) is 20.9 Å². The lowest BCUT2D eigenvalue weighted by Gasteiger charge is -2.40. The minimum atomic E-state index is -4.48. The van der Waals surface area contributed by atoms with Crippen LogP contribution in [0.25, 0.3) is 0 Å². The maximum absolute atomic E-state index is 13.9. The van der Waals surface area contributed by atoms with Crippen LogP contribution in [0.15, 0.2) is 98.6 Å². The van der Waals surface area contributed by atoms with Crippen LogP contribution >= 0.6 is 15.9 Å². The first kappa shape index (κ1) is 18.0. The lowest BCUT2D eigenvalue weighted by Crippen LogP contribution is -2.36. The topological polar surface area (TPSA) is 12.4 Å². The molecule has 0 bridgehead atoms. The van der Waals surface area contributed by atoms with Gasteiger partial charge in [0.25, 0.3) is 0 Å². The van der Waals surface area contributed by atoms with Crippen LogP contribution in [-0.4, -0.2) is 12.4 Å². The third kappa shape index (κ3) is 2.72. The summed E-state index contributed by atoms with van der Waals surface area (Å²) in [6, 6.07) is 16.8. The highest BCUT2D eigenvalue weighted by Crippen LogP contribution is 2.54. The predicted octanol–water partition coefficient (Wildman–Crippen LogP) is 6.52. The van der Waals surface area contributed by atoms with Crippen LogP contribution in [0.3, 0.4) is 0 Å². The van der Waals surface area contributed by atoms with Gasteiger partial charge in [0.05, 0.1) is 16.7 Å². The molecule has 0 radical (unpaired) electrons. The number of halogens is 4. The zero-order chi connectivity index (χ0) is 19.2. The summed E-state index contributed by atoms with van der Waals surface area (Å²) in [4.78, 5) is 4.09. The molecule has 136 valence electrons. The number of alkyl halides is 3. The second-order valence-corrected chi connectivity index (χ2v) is 7.48. The molecule has 0 saturated heterocycles. The molecule has 2 aliphatic rings. The van der Waals surface area contributed by atoms with Crippen LogP contribution in [-0.2, 0) is 5.41 Å². The standard InChI is InChI=1S/C22H15BrF3N/c1-14-7-12-19-20(18(13-27-19)22(24,25)26)21(14,15-5-3-2-4-6-15)16-8-10-17(23)11-9-16/h2-13H,1H3. The van der Waals surface area contributed by atoms with E-state index in [0.717, 1.165) is 27.4 Å². The zero-order valence-electron chi connectivity index (χ0n) is 14.4. The Hall–Kier alpha value is -2.40. The molecule has 0 aromatic heterocycles. The van der Waals surface area contributed by atoms with Crippen molar-refractivity contribution in [3.8, 4) is 0 Å². The third-order valence-corrected chi connectivity index (χ3v) is 5.63. The molecule has 1 nitrogen and oxygen atoms in total. The minimum absolute atomic E-state index is 0.198. The molecule has 1 aliphatic carbocycles. The predicted molar refractivity (Wildman–Crippen MR) is 105 cm³/mol. The monoisotopic (exact) mass is 429 g/mol. The maximum Gasteiger partial charge on any atom is 0.418 e. The highest BCUT2D eigenvalue weighted by atomic mass is 79.9. The molecule has 0 spiro atoms. The van der Waals surface area contributed by atoms with Gasteiger partial charge in [-0.05, 0) is 36.3 Å². The average molecular weight is 430 g/mol. The fraction of sp³-hybridized carbons (Fsp3) is 0.136. The summed E-state index contributed by atoms with van der Waals surface area (Å²) >= 11 is 3.42. The van der Waals surface area contributed by atoms with E-state index in [0.29, 0.717) is 5.70 Å². The number of benzene rings is 2. The molecule has 0 saturated carbocycles. The van der Waals surface area contributed by atoms with Gasteiger partial charge < -0.3 is 0 Å². The van der Waals surface area contributed by atoms with E-state index in [1.165, 1.54) is 0 Å². The van der Waals surface area contributed by atoms with Gasteiger partial charge in [-0.1, -0.05) is 70.0 Å². The van der Waals surface area contributed by atoms with Crippen LogP contribution in [0.1, 0.15) is 18.1 Å². The van der Waals surface area contributed by atoms with Crippen molar-refractivity contribution >= 4 is 22.1 Å². The van der Waals surface area contributed by atoms with Crippen molar-refractivity contribution in [3.05, 3.63) is 105 Å². The van der Waals surface area contributed by atoms with Gasteiger partial charge in [0.2, 0.25) is 0 Å². The third-order valence-electron chi connectivity index (χ3n) is 5.11. The van der Waals surface area contributed by atoms with Crippen molar-refractivity contribution in [2.75, 3.05) is 0 Å². The molecular formula is C22H15BrF3N. The summed E-state index contributed by atoms with van der Waals surface area (Å²) in [5.74, 6) is 0. The second kappa shape index (κ2) is 6.34. The summed E-state index contributed by atoms with van der Waals surface area (Å²) in [6.07, 6.45) is -0.00389. The van der Waals surface area contributed by atoms with Crippen molar-refractivity contribution in [3.63, 3.8) is 0 Å². The van der Waals surface area contributed by atoms with Gasteiger partial charge in [0.1, 0.15) is 0 Å². The Morgan fingerprint density at radius 1 is 0.889 bits per heavy atom. The number of fused-ring (bicyclic) bond motifs is 1. The first-order chi connectivity index (χ1) is 12.8. The molecule has 0 N–H and O–H groups in total. The van der Waals surface area contributed by atoms with Crippen molar-refractivity contribution in [1.82, 2.24) is 0 Å². The molecule has 0 amide bonds. The van der Waals surface area contributed by atoms with Crippen LogP contribution in [0, 0.1) is 0 Å². The average Bonchev–Trinajstić information content (AvgIpc) is 3.09. The SMILES string of the molecule is CC1=CC=C2N=CC(C(F)(F)F)=C2C1(c1ccccc1)c1ccc(Br)cc1. The quantitative estimate of drug-likeness (QED) is 0.514. The van der Waals surface area contributed by atoms with E-state index in [4.69, 9.17) is 0 Å². The Bertz CT molecular complexity index is 1010. The lowest BCUT2D eigenvalue weighted by atomic mass is 9.61. The number of rotatable bonds is 2. The van der Waals surface area contributed by atoms with Gasteiger partial charge in [-0.25, -0.2) is 0 Å². The number of hydrogen-bond donors (Lipinski definition) is 0. The molecule has 2 aromatic carbocycles. The Kier molecular flexibility index (Phi) is 4.22. The summed E-state index contributed by atoms with van der Waals surface area (Å²) in [5, 5.41) is 0. The van der Waals surface area contributed by atoms with Crippen molar-refractivity contribution in [2.24, 2.45) is 4.99 Å². The van der Waals surface area contributed by atoms with Crippen molar-refractivity contribution < 1.29 is 13.2 Å². The first-order valence-corrected chi connectivity index (χ1v) is 9.21. The number of nitrogens with zero attached hydrogens (tertiary/aromatic N) is 1. The molecule has 1 unspecified atom stereocenters. The molecular weight excluding hydrogens is 415 g/mol. The first-order valence-electron chi connectivity index (χ1n) is 8.42. The maximum atomic E-state index is 13.9. The van der Waals surface area contributed by atoms with Gasteiger partial charge in [-0.2, -0.15) is 13.2 Å². The van der Waals surface area contributed by atoms with Gasteiger partial charge in [0, 0.05) is 16.3 Å². The summed E-state index contributed by atoms with van der Waals surface area (Å²) in [6.45, 7) is 1.88. The number of aliphatic imine (C=N–C) groups is 1. The van der Waals surface area contributed by atoms with E-state index >= 15 is 0 Å². The molecule has 2 aromatic rings. The Morgan fingerprint density at radius 2 is 1.52 bits per heavy atom. The summed E-state index contributed by atoms with van der Waals surface area (Å²) in [7, 11) is 0. The summed E-state index contributed by atoms with van der Waals surface area (Å²) < 4.78 is 42.6. The molecule has 27 heavy (non-hydrogen) atoms. The van der Waals surface area contributed by atoms with Crippen molar-refractivity contribution in [2.45, 2.75) is 18.5 Å². The van der Waals surface area contributed by atoms with Crippen LogP contribution in [0.2, 0.25) is 0 Å². The number of allylic oxidation sites excluding steroid dienone is 5. The Balaban J connectivity index is 2.13. The smallest absolute Gasteiger partial charge is 0.256 e. The van der Waals surface area contributed by atoms with E-state index in [1.54, 1.807) is 6.08 Å². The Labute approximate surface area is 163 Å². The highest BCUT2D eigenvalue weighted by molar-refractivity contribution is 9.10. The van der Waals surface area contributed by atoms with Crippen molar-refractivity contribution in [1.29, 1.82) is 0 Å². The summed E-state index contributed by atoms with van der Waals surface area (Å²) in [5.41, 5.74) is 1.21. The Morgan fingerprint density at radius 3 is 2.15 bits per heavy atom. The van der Waals surface area contributed by atoms with E-state index < -0.39 is 17.2 Å². The van der Waals surface area contributed by atoms with Gasteiger partial charge in [0.15, 0.2) is 0 Å². The number of hydrogen-bond acceptors (Lipinski definition) is 1. The second-order valence-electron chi connectivity index (χ2n) is 6.57. The van der Waals surface area contributed by atoms with Crippen LogP contribution in [0.5, 0.6) is 0 Å². The molecule has 0 fully saturated rings. The molecule has 1 aliphatic heterocycles. The fourth-order valence-corrected chi connectivity index (χ4v) is 4.23. The zero-order valence-corrected chi connectivity index (χ0v) is 16.0. The minimum Gasteiger partial charge on any atom is -0.256 e. The fourth-order valence-electron chi connectivity index (χ4n) is 3.96. The van der Waals surface area contributed by atoms with E-state index in [1.807, 2.05) is 67.6 Å². The van der Waals surface area contributed by atoms with Gasteiger partial charge in [-0.3, -0.25) is 4.99 Å². The van der Waals surface area contributed by atoms with Gasteiger partial charge >= 0.3 is 6.18 Å². The highest BCUT2D eigenvalue weighted by Gasteiger charge is 2.50. The van der Waals surface area contributed by atoms with E-state index in [9.17, 15) is 13.2 Å². The van der Waals surface area contributed by atoms with Gasteiger partial charge in [-0.15, -0.1) is 0 Å². The molecule has 1 heterocycles. The molecule has 1 atom stereocenters. The largest absolute Gasteiger partial charge is 0.418 e.